The van der Waals surface area contributed by atoms with Crippen LogP contribution in [0.2, 0.25) is 0 Å². The molecule has 0 saturated heterocycles. The first-order valence-corrected chi connectivity index (χ1v) is 10.5. The Morgan fingerprint density at radius 2 is 1.78 bits per heavy atom. The number of aromatic nitrogens is 2. The number of amides is 2. The lowest BCUT2D eigenvalue weighted by Crippen LogP contribution is -2.20. The van der Waals surface area contributed by atoms with Crippen LogP contribution in [0.25, 0.3) is 21.3 Å². The van der Waals surface area contributed by atoms with E-state index in [-0.39, 0.29) is 0 Å². The number of hydrogen-bond acceptors (Lipinski definition) is 5. The first-order valence-electron chi connectivity index (χ1n) is 8.87. The SMILES string of the molecule is Nc1ncnc2sc(Br)c(-c3ccc(NC(=O)Nc4cc(C(F)(F)F)ccc4F)cc3)c12. The van der Waals surface area contributed by atoms with E-state index in [1.807, 2.05) is 0 Å². The largest absolute Gasteiger partial charge is 0.416 e. The van der Waals surface area contributed by atoms with E-state index in [2.05, 4.69) is 36.5 Å². The van der Waals surface area contributed by atoms with Crippen molar-refractivity contribution in [2.75, 3.05) is 16.4 Å². The molecule has 0 spiro atoms. The third kappa shape index (κ3) is 4.36. The van der Waals surface area contributed by atoms with E-state index in [0.717, 1.165) is 14.9 Å². The number of anilines is 3. The van der Waals surface area contributed by atoms with Crippen molar-refractivity contribution in [1.29, 1.82) is 0 Å². The van der Waals surface area contributed by atoms with Gasteiger partial charge in [0.05, 0.1) is 20.4 Å². The number of fused-ring (bicyclic) bond motifs is 1. The molecule has 0 aliphatic heterocycles. The third-order valence-corrected chi connectivity index (χ3v) is 6.22. The Hall–Kier alpha value is -3.25. The summed E-state index contributed by atoms with van der Waals surface area (Å²) < 4.78 is 53.1. The molecule has 0 atom stereocenters. The standard InChI is InChI=1S/C20H12BrF4N5OS/c21-16-14(15-17(26)27-8-28-18(15)32-16)9-1-4-11(5-2-9)29-19(31)30-13-7-10(20(23,24)25)3-6-12(13)22/h1-8H,(H2,26,27,28)(H2,29,30,31). The van der Waals surface area contributed by atoms with Gasteiger partial charge in [0.25, 0.3) is 0 Å². The van der Waals surface area contributed by atoms with Crippen molar-refractivity contribution in [1.82, 2.24) is 9.97 Å². The van der Waals surface area contributed by atoms with E-state index in [1.165, 1.54) is 17.7 Å². The van der Waals surface area contributed by atoms with Gasteiger partial charge in [-0.15, -0.1) is 11.3 Å². The minimum Gasteiger partial charge on any atom is -0.383 e. The van der Waals surface area contributed by atoms with Crippen LogP contribution in [0.15, 0.2) is 52.6 Å². The number of nitrogens with zero attached hydrogens (tertiary/aromatic N) is 2. The molecule has 164 valence electrons. The Kier molecular flexibility index (Phi) is 5.73. The Morgan fingerprint density at radius 3 is 2.47 bits per heavy atom. The molecule has 12 heteroatoms. The number of halogens is 5. The first kappa shape index (κ1) is 22.0. The predicted molar refractivity (Wildman–Crippen MR) is 119 cm³/mol. The maximum absolute atomic E-state index is 13.8. The van der Waals surface area contributed by atoms with Crippen molar-refractivity contribution in [2.45, 2.75) is 6.18 Å². The van der Waals surface area contributed by atoms with Gasteiger partial charge in [0.2, 0.25) is 0 Å². The average molecular weight is 526 g/mol. The van der Waals surface area contributed by atoms with Crippen molar-refractivity contribution in [3.05, 3.63) is 64.0 Å². The number of benzene rings is 2. The smallest absolute Gasteiger partial charge is 0.383 e. The molecule has 4 aromatic rings. The van der Waals surface area contributed by atoms with E-state index in [1.54, 1.807) is 24.3 Å². The molecule has 6 nitrogen and oxygen atoms in total. The molecule has 32 heavy (non-hydrogen) atoms. The van der Waals surface area contributed by atoms with E-state index in [4.69, 9.17) is 5.73 Å². The fourth-order valence-electron chi connectivity index (χ4n) is 2.99. The predicted octanol–water partition coefficient (Wildman–Crippen LogP) is 6.50. The van der Waals surface area contributed by atoms with Gasteiger partial charge in [0.1, 0.15) is 22.8 Å². The molecule has 0 radical (unpaired) electrons. The lowest BCUT2D eigenvalue weighted by atomic mass is 10.1. The van der Waals surface area contributed by atoms with Crippen molar-refractivity contribution in [2.24, 2.45) is 0 Å². The van der Waals surface area contributed by atoms with Crippen LogP contribution >= 0.6 is 27.3 Å². The number of nitrogens with two attached hydrogens (primary N) is 1. The van der Waals surface area contributed by atoms with E-state index >= 15 is 0 Å². The van der Waals surface area contributed by atoms with Gasteiger partial charge in [-0.25, -0.2) is 19.2 Å². The third-order valence-electron chi connectivity index (χ3n) is 4.45. The lowest BCUT2D eigenvalue weighted by Gasteiger charge is -2.12. The van der Waals surface area contributed by atoms with Crippen molar-refractivity contribution < 1.29 is 22.4 Å². The number of hydrogen-bond donors (Lipinski definition) is 3. The number of alkyl halides is 3. The van der Waals surface area contributed by atoms with Crippen LogP contribution < -0.4 is 16.4 Å². The molecule has 2 heterocycles. The van der Waals surface area contributed by atoms with Gasteiger partial charge in [0.15, 0.2) is 0 Å². The summed E-state index contributed by atoms with van der Waals surface area (Å²) in [5.74, 6) is -0.658. The topological polar surface area (TPSA) is 92.9 Å². The first-order chi connectivity index (χ1) is 15.1. The van der Waals surface area contributed by atoms with E-state index in [0.29, 0.717) is 39.9 Å². The van der Waals surface area contributed by atoms with Gasteiger partial charge < -0.3 is 16.4 Å². The number of rotatable bonds is 3. The van der Waals surface area contributed by atoms with Crippen LogP contribution in [0, 0.1) is 5.82 Å². The molecule has 2 aromatic carbocycles. The quantitative estimate of drug-likeness (QED) is 0.266. The van der Waals surface area contributed by atoms with Crippen LogP contribution in [0.5, 0.6) is 0 Å². The molecule has 0 fully saturated rings. The van der Waals surface area contributed by atoms with Gasteiger partial charge in [-0.3, -0.25) is 0 Å². The monoisotopic (exact) mass is 525 g/mol. The molecule has 0 unspecified atom stereocenters. The van der Waals surface area contributed by atoms with E-state index < -0.39 is 29.3 Å². The summed E-state index contributed by atoms with van der Waals surface area (Å²) in [4.78, 5) is 21.1. The molecule has 0 saturated carbocycles. The Morgan fingerprint density at radius 1 is 1.06 bits per heavy atom. The molecule has 0 aliphatic carbocycles. The summed E-state index contributed by atoms with van der Waals surface area (Å²) in [6.07, 6.45) is -3.28. The summed E-state index contributed by atoms with van der Waals surface area (Å²) in [5.41, 5.74) is 6.26. The Bertz CT molecular complexity index is 1320. The van der Waals surface area contributed by atoms with Gasteiger partial charge in [0, 0.05) is 11.3 Å². The van der Waals surface area contributed by atoms with Gasteiger partial charge in [-0.2, -0.15) is 13.2 Å². The van der Waals surface area contributed by atoms with Crippen LogP contribution in [-0.4, -0.2) is 16.0 Å². The highest BCUT2D eigenvalue weighted by Crippen LogP contribution is 2.43. The number of nitrogens with one attached hydrogen (secondary N) is 2. The minimum atomic E-state index is -4.66. The van der Waals surface area contributed by atoms with Crippen molar-refractivity contribution in [3.63, 3.8) is 0 Å². The second kappa shape index (κ2) is 8.36. The number of carbonyl (C=O) groups excluding carboxylic acids is 1. The molecule has 4 rings (SSSR count). The van der Waals surface area contributed by atoms with Crippen molar-refractivity contribution in [3.8, 4) is 11.1 Å². The second-order valence-corrected chi connectivity index (χ2v) is 8.86. The normalized spacial score (nSPS) is 11.5. The van der Waals surface area contributed by atoms with Crippen LogP contribution in [0.1, 0.15) is 5.56 Å². The molecule has 2 amide bonds. The number of nitrogen functional groups attached to an aromatic ring is 1. The number of urea groups is 1. The highest BCUT2D eigenvalue weighted by atomic mass is 79.9. The summed E-state index contributed by atoms with van der Waals surface area (Å²) in [6, 6.07) is 7.51. The molecule has 4 N–H and O–H groups in total. The average Bonchev–Trinajstić information content (AvgIpc) is 3.06. The maximum atomic E-state index is 13.8. The summed E-state index contributed by atoms with van der Waals surface area (Å²) in [6.45, 7) is 0. The van der Waals surface area contributed by atoms with Gasteiger partial charge in [-0.05, 0) is 51.8 Å². The van der Waals surface area contributed by atoms with Crippen molar-refractivity contribution >= 4 is 60.7 Å². The number of carbonyl (C=O) groups is 1. The van der Waals surface area contributed by atoms with E-state index in [9.17, 15) is 22.4 Å². The Balaban J connectivity index is 1.53. The maximum Gasteiger partial charge on any atom is 0.416 e. The highest BCUT2D eigenvalue weighted by Gasteiger charge is 2.31. The molecule has 2 aromatic heterocycles. The Labute approximate surface area is 190 Å². The minimum absolute atomic E-state index is 0.330. The molecular formula is C20H12BrF4N5OS. The zero-order chi connectivity index (χ0) is 23.0. The summed E-state index contributed by atoms with van der Waals surface area (Å²) in [5, 5.41) is 5.24. The fourth-order valence-corrected chi connectivity index (χ4v) is 4.78. The molecule has 0 bridgehead atoms. The summed E-state index contributed by atoms with van der Waals surface area (Å²) >= 11 is 4.90. The lowest BCUT2D eigenvalue weighted by molar-refractivity contribution is -0.137. The fraction of sp³-hybridized carbons (Fsp3) is 0.0500. The van der Waals surface area contributed by atoms with Crippen LogP contribution in [-0.2, 0) is 6.18 Å². The zero-order valence-electron chi connectivity index (χ0n) is 15.8. The number of thiophene rings is 1. The van der Waals surface area contributed by atoms with Crippen LogP contribution in [0.4, 0.5) is 39.5 Å². The molecule has 0 aliphatic rings. The second-order valence-electron chi connectivity index (χ2n) is 6.54. The van der Waals surface area contributed by atoms with Gasteiger partial charge in [-0.1, -0.05) is 12.1 Å². The molecular weight excluding hydrogens is 514 g/mol. The van der Waals surface area contributed by atoms with Gasteiger partial charge >= 0.3 is 12.2 Å². The zero-order valence-corrected chi connectivity index (χ0v) is 18.2. The van der Waals surface area contributed by atoms with Crippen LogP contribution in [0.3, 0.4) is 0 Å². The summed E-state index contributed by atoms with van der Waals surface area (Å²) in [7, 11) is 0. The highest BCUT2D eigenvalue weighted by molar-refractivity contribution is 9.11.